The zero-order valence-electron chi connectivity index (χ0n) is 13.1. The van der Waals surface area contributed by atoms with Crippen molar-refractivity contribution in [3.63, 3.8) is 0 Å². The van der Waals surface area contributed by atoms with Crippen LogP contribution in [0.15, 0.2) is 53.3 Å². The zero-order chi connectivity index (χ0) is 18.2. The molecule has 0 aliphatic rings. The van der Waals surface area contributed by atoms with Crippen molar-refractivity contribution in [1.29, 1.82) is 0 Å². The van der Waals surface area contributed by atoms with Crippen LogP contribution in [-0.2, 0) is 12.7 Å². The Labute approximate surface area is 146 Å². The van der Waals surface area contributed by atoms with Gasteiger partial charge in [0.15, 0.2) is 0 Å². The van der Waals surface area contributed by atoms with Gasteiger partial charge in [0.1, 0.15) is 5.82 Å². The van der Waals surface area contributed by atoms with Crippen LogP contribution < -0.4 is 5.69 Å². The van der Waals surface area contributed by atoms with Crippen LogP contribution in [0.1, 0.15) is 17.0 Å². The number of alkyl halides is 3. The van der Waals surface area contributed by atoms with E-state index in [1.165, 1.54) is 16.7 Å². The lowest BCUT2D eigenvalue weighted by Gasteiger charge is -2.08. The maximum absolute atomic E-state index is 12.8. The fraction of sp³-hybridized carbons (Fsp3) is 0.176. The standard InChI is InChI=1S/C17H13ClF3N3O/c1-11-22-23(10-12-3-2-4-13(9-12)17(19,20)21)16(25)24(11)15-7-5-14(18)6-8-15/h2-9H,10H2,1H3. The second-order valence-electron chi connectivity index (χ2n) is 5.50. The first-order chi connectivity index (χ1) is 11.8. The molecule has 1 aromatic heterocycles. The first kappa shape index (κ1) is 17.3. The number of hydrogen-bond donors (Lipinski definition) is 0. The Morgan fingerprint density at radius 1 is 1.12 bits per heavy atom. The normalized spacial score (nSPS) is 11.7. The molecule has 8 heteroatoms. The first-order valence-corrected chi connectivity index (χ1v) is 7.72. The SMILES string of the molecule is Cc1nn(Cc2cccc(C(F)(F)F)c2)c(=O)n1-c1ccc(Cl)cc1. The summed E-state index contributed by atoms with van der Waals surface area (Å²) in [6.45, 7) is 1.60. The number of aromatic nitrogens is 3. The van der Waals surface area contributed by atoms with Gasteiger partial charge in [0.05, 0.1) is 17.8 Å². The van der Waals surface area contributed by atoms with Crippen LogP contribution in [0, 0.1) is 6.92 Å². The number of benzene rings is 2. The molecule has 0 amide bonds. The van der Waals surface area contributed by atoms with Gasteiger partial charge in [-0.2, -0.15) is 18.3 Å². The Morgan fingerprint density at radius 3 is 2.44 bits per heavy atom. The zero-order valence-corrected chi connectivity index (χ0v) is 13.8. The van der Waals surface area contributed by atoms with Crippen LogP contribution in [0.2, 0.25) is 5.02 Å². The fourth-order valence-corrected chi connectivity index (χ4v) is 2.65. The molecular weight excluding hydrogens is 355 g/mol. The summed E-state index contributed by atoms with van der Waals surface area (Å²) in [5.41, 5.74) is -0.260. The minimum absolute atomic E-state index is 0.0514. The molecule has 0 saturated heterocycles. The van der Waals surface area contributed by atoms with Crippen molar-refractivity contribution in [2.75, 3.05) is 0 Å². The van der Waals surface area contributed by atoms with Gasteiger partial charge in [0.2, 0.25) is 0 Å². The molecule has 4 nitrogen and oxygen atoms in total. The highest BCUT2D eigenvalue weighted by Gasteiger charge is 2.30. The van der Waals surface area contributed by atoms with Crippen LogP contribution in [0.3, 0.4) is 0 Å². The van der Waals surface area contributed by atoms with E-state index in [2.05, 4.69) is 5.10 Å². The highest BCUT2D eigenvalue weighted by Crippen LogP contribution is 2.29. The van der Waals surface area contributed by atoms with Gasteiger partial charge in [0.25, 0.3) is 0 Å². The van der Waals surface area contributed by atoms with Gasteiger partial charge in [-0.3, -0.25) is 0 Å². The number of nitrogens with zero attached hydrogens (tertiary/aromatic N) is 3. The topological polar surface area (TPSA) is 39.8 Å². The van der Waals surface area contributed by atoms with E-state index in [9.17, 15) is 18.0 Å². The molecule has 1 heterocycles. The first-order valence-electron chi connectivity index (χ1n) is 7.34. The Kier molecular flexibility index (Phi) is 4.43. The lowest BCUT2D eigenvalue weighted by Crippen LogP contribution is -2.24. The summed E-state index contributed by atoms with van der Waals surface area (Å²) in [6.07, 6.45) is -4.43. The number of hydrogen-bond acceptors (Lipinski definition) is 2. The third kappa shape index (κ3) is 3.61. The Bertz CT molecular complexity index is 959. The highest BCUT2D eigenvalue weighted by atomic mass is 35.5. The number of rotatable bonds is 3. The molecule has 0 fully saturated rings. The average molecular weight is 368 g/mol. The van der Waals surface area contributed by atoms with Gasteiger partial charge >= 0.3 is 11.9 Å². The van der Waals surface area contributed by atoms with Crippen LogP contribution in [0.4, 0.5) is 13.2 Å². The van der Waals surface area contributed by atoms with Gasteiger partial charge in [-0.15, -0.1) is 0 Å². The molecule has 0 N–H and O–H groups in total. The van der Waals surface area contributed by atoms with Crippen LogP contribution in [0.5, 0.6) is 0 Å². The average Bonchev–Trinajstić information content (AvgIpc) is 2.82. The summed E-state index contributed by atoms with van der Waals surface area (Å²) in [7, 11) is 0. The lowest BCUT2D eigenvalue weighted by atomic mass is 10.1. The largest absolute Gasteiger partial charge is 0.416 e. The second-order valence-corrected chi connectivity index (χ2v) is 5.93. The van der Waals surface area contributed by atoms with Crippen LogP contribution in [0.25, 0.3) is 5.69 Å². The minimum Gasteiger partial charge on any atom is -0.247 e. The van der Waals surface area contributed by atoms with Crippen molar-refractivity contribution in [1.82, 2.24) is 14.3 Å². The van der Waals surface area contributed by atoms with Crippen molar-refractivity contribution in [3.05, 3.63) is 81.0 Å². The lowest BCUT2D eigenvalue weighted by molar-refractivity contribution is -0.137. The van der Waals surface area contributed by atoms with Gasteiger partial charge < -0.3 is 0 Å². The van der Waals surface area contributed by atoms with E-state index in [1.807, 2.05) is 0 Å². The fourth-order valence-electron chi connectivity index (χ4n) is 2.53. The molecule has 3 aromatic rings. The van der Waals surface area contributed by atoms with Crippen molar-refractivity contribution < 1.29 is 13.2 Å². The summed E-state index contributed by atoms with van der Waals surface area (Å²) >= 11 is 5.84. The molecular formula is C17H13ClF3N3O. The highest BCUT2D eigenvalue weighted by molar-refractivity contribution is 6.30. The molecule has 0 spiro atoms. The Hall–Kier alpha value is -2.54. The van der Waals surface area contributed by atoms with Crippen molar-refractivity contribution in [3.8, 4) is 5.69 Å². The van der Waals surface area contributed by atoms with Gasteiger partial charge in [0, 0.05) is 5.02 Å². The third-order valence-corrected chi connectivity index (χ3v) is 3.92. The predicted molar refractivity (Wildman–Crippen MR) is 88.1 cm³/mol. The van der Waals surface area contributed by atoms with E-state index in [0.717, 1.165) is 16.8 Å². The Balaban J connectivity index is 1.96. The van der Waals surface area contributed by atoms with E-state index in [4.69, 9.17) is 11.6 Å². The summed E-state index contributed by atoms with van der Waals surface area (Å²) in [5, 5.41) is 4.68. The molecule has 0 bridgehead atoms. The van der Waals surface area contributed by atoms with Crippen molar-refractivity contribution in [2.24, 2.45) is 0 Å². The monoisotopic (exact) mass is 367 g/mol. The molecule has 0 saturated carbocycles. The molecule has 25 heavy (non-hydrogen) atoms. The molecule has 130 valence electrons. The van der Waals surface area contributed by atoms with Crippen molar-refractivity contribution >= 4 is 11.6 Å². The smallest absolute Gasteiger partial charge is 0.247 e. The number of aryl methyl sites for hydroxylation is 1. The van der Waals surface area contributed by atoms with Crippen molar-refractivity contribution in [2.45, 2.75) is 19.6 Å². The molecule has 0 unspecified atom stereocenters. The van der Waals surface area contributed by atoms with E-state index < -0.39 is 17.4 Å². The predicted octanol–water partition coefficient (Wildman–Crippen LogP) is 4.06. The molecule has 3 rings (SSSR count). The molecule has 2 aromatic carbocycles. The quantitative estimate of drug-likeness (QED) is 0.700. The molecule has 0 atom stereocenters. The maximum atomic E-state index is 12.8. The van der Waals surface area contributed by atoms with Gasteiger partial charge in [-0.05, 0) is 48.9 Å². The summed E-state index contributed by atoms with van der Waals surface area (Å²) in [6, 6.07) is 11.5. The molecule has 0 radical (unpaired) electrons. The van der Waals surface area contributed by atoms with E-state index in [1.54, 1.807) is 31.2 Å². The molecule has 0 aliphatic carbocycles. The third-order valence-electron chi connectivity index (χ3n) is 3.67. The molecule has 0 aliphatic heterocycles. The van der Waals surface area contributed by atoms with Gasteiger partial charge in [-0.25, -0.2) is 14.0 Å². The summed E-state index contributed by atoms with van der Waals surface area (Å²) in [4.78, 5) is 12.6. The van der Waals surface area contributed by atoms with E-state index in [0.29, 0.717) is 22.1 Å². The van der Waals surface area contributed by atoms with Gasteiger partial charge in [-0.1, -0.05) is 23.7 Å². The Morgan fingerprint density at radius 2 is 1.80 bits per heavy atom. The van der Waals surface area contributed by atoms with Crippen LogP contribution >= 0.6 is 11.6 Å². The van der Waals surface area contributed by atoms with Crippen LogP contribution in [-0.4, -0.2) is 14.3 Å². The summed E-state index contributed by atoms with van der Waals surface area (Å²) < 4.78 is 40.9. The minimum atomic E-state index is -4.43. The summed E-state index contributed by atoms with van der Waals surface area (Å²) in [5.74, 6) is 0.430. The van der Waals surface area contributed by atoms with E-state index >= 15 is 0 Å². The van der Waals surface area contributed by atoms with E-state index in [-0.39, 0.29) is 6.54 Å². The number of halogens is 4. The second kappa shape index (κ2) is 6.40. The maximum Gasteiger partial charge on any atom is 0.416 e.